The maximum absolute atomic E-state index is 5.94. The zero-order valence-electron chi connectivity index (χ0n) is 9.51. The Bertz CT molecular complexity index is 314. The zero-order valence-corrected chi connectivity index (χ0v) is 10.3. The molecule has 1 N–H and O–H groups in total. The fourth-order valence-corrected chi connectivity index (χ4v) is 1.73. The van der Waals surface area contributed by atoms with Crippen molar-refractivity contribution in [1.29, 1.82) is 0 Å². The molecule has 0 aliphatic carbocycles. The van der Waals surface area contributed by atoms with E-state index < -0.39 is 0 Å². The second-order valence-electron chi connectivity index (χ2n) is 3.68. The lowest BCUT2D eigenvalue weighted by Gasteiger charge is -2.15. The molecule has 1 aromatic rings. The van der Waals surface area contributed by atoms with Gasteiger partial charge in [0.2, 0.25) is 0 Å². The molecule has 1 aromatic carbocycles. The lowest BCUT2D eigenvalue weighted by molar-refractivity contribution is 0.415. The summed E-state index contributed by atoms with van der Waals surface area (Å²) in [4.78, 5) is 0. The van der Waals surface area contributed by atoms with Crippen LogP contribution in [-0.4, -0.2) is 13.2 Å². The molecule has 2 nitrogen and oxygen atoms in total. The quantitative estimate of drug-likeness (QED) is 0.823. The van der Waals surface area contributed by atoms with Gasteiger partial charge in [-0.3, -0.25) is 0 Å². The summed E-state index contributed by atoms with van der Waals surface area (Å²) in [5.41, 5.74) is 1.05. The van der Waals surface area contributed by atoms with E-state index in [0.717, 1.165) is 12.1 Å². The van der Waals surface area contributed by atoms with E-state index in [2.05, 4.69) is 19.2 Å². The molecule has 0 spiro atoms. The van der Waals surface area contributed by atoms with Crippen LogP contribution in [0.1, 0.15) is 26.7 Å². The second kappa shape index (κ2) is 5.86. The van der Waals surface area contributed by atoms with Gasteiger partial charge in [0.15, 0.2) is 0 Å². The van der Waals surface area contributed by atoms with Gasteiger partial charge >= 0.3 is 0 Å². The van der Waals surface area contributed by atoms with E-state index in [9.17, 15) is 0 Å². The number of benzene rings is 1. The molecule has 0 radical (unpaired) electrons. The Kier molecular flexibility index (Phi) is 4.76. The van der Waals surface area contributed by atoms with Crippen molar-refractivity contribution in [2.24, 2.45) is 0 Å². The van der Waals surface area contributed by atoms with Crippen LogP contribution in [0.25, 0.3) is 0 Å². The molecule has 3 heteroatoms. The molecule has 0 amide bonds. The minimum absolute atomic E-state index is 0.473. The van der Waals surface area contributed by atoms with Gasteiger partial charge in [0.1, 0.15) is 5.75 Å². The van der Waals surface area contributed by atoms with Crippen molar-refractivity contribution in [3.63, 3.8) is 0 Å². The van der Waals surface area contributed by atoms with Crippen LogP contribution in [0.2, 0.25) is 5.02 Å². The van der Waals surface area contributed by atoms with Gasteiger partial charge in [0.05, 0.1) is 12.1 Å². The molecule has 0 aliphatic heterocycles. The number of rotatable bonds is 5. The van der Waals surface area contributed by atoms with Gasteiger partial charge in [-0.15, -0.1) is 0 Å². The minimum atomic E-state index is 0.473. The highest BCUT2D eigenvalue weighted by Crippen LogP contribution is 2.27. The highest BCUT2D eigenvalue weighted by atomic mass is 35.5. The number of nitrogens with one attached hydrogen (secondary N) is 1. The monoisotopic (exact) mass is 227 g/mol. The first-order valence-electron chi connectivity index (χ1n) is 5.27. The van der Waals surface area contributed by atoms with Crippen molar-refractivity contribution in [3.8, 4) is 5.75 Å². The van der Waals surface area contributed by atoms with Gasteiger partial charge in [0, 0.05) is 17.8 Å². The maximum atomic E-state index is 5.94. The molecule has 1 unspecified atom stereocenters. The molecular weight excluding hydrogens is 210 g/mol. The molecule has 0 aliphatic rings. The van der Waals surface area contributed by atoms with Crippen LogP contribution in [-0.2, 0) is 0 Å². The van der Waals surface area contributed by atoms with Crippen molar-refractivity contribution >= 4 is 17.3 Å². The minimum Gasteiger partial charge on any atom is -0.495 e. The van der Waals surface area contributed by atoms with Crippen molar-refractivity contribution < 1.29 is 4.74 Å². The SMILES string of the molecule is CCCC(C)Nc1ccc(Cl)c(OC)c1. The fourth-order valence-electron chi connectivity index (χ4n) is 1.54. The lowest BCUT2D eigenvalue weighted by Crippen LogP contribution is -2.14. The molecule has 84 valence electrons. The Morgan fingerprint density at radius 1 is 1.47 bits per heavy atom. The number of hydrogen-bond acceptors (Lipinski definition) is 2. The van der Waals surface area contributed by atoms with Crippen molar-refractivity contribution in [2.45, 2.75) is 32.7 Å². The third-order valence-corrected chi connectivity index (χ3v) is 2.60. The first-order chi connectivity index (χ1) is 7.17. The molecule has 0 aromatic heterocycles. The number of halogens is 1. The molecule has 0 heterocycles. The van der Waals surface area contributed by atoms with Crippen LogP contribution in [0, 0.1) is 0 Å². The predicted octanol–water partition coefficient (Wildman–Crippen LogP) is 3.95. The number of hydrogen-bond donors (Lipinski definition) is 1. The third kappa shape index (κ3) is 3.63. The van der Waals surface area contributed by atoms with Crippen molar-refractivity contribution in [2.75, 3.05) is 12.4 Å². The first-order valence-corrected chi connectivity index (χ1v) is 5.65. The first kappa shape index (κ1) is 12.2. The standard InChI is InChI=1S/C12H18ClNO/c1-4-5-9(2)14-10-6-7-11(13)12(8-10)15-3/h6-9,14H,4-5H2,1-3H3. The van der Waals surface area contributed by atoms with Crippen LogP contribution in [0.15, 0.2) is 18.2 Å². The molecule has 1 atom stereocenters. The van der Waals surface area contributed by atoms with Gasteiger partial charge in [-0.25, -0.2) is 0 Å². The third-order valence-electron chi connectivity index (χ3n) is 2.29. The highest BCUT2D eigenvalue weighted by molar-refractivity contribution is 6.32. The van der Waals surface area contributed by atoms with Crippen molar-refractivity contribution in [1.82, 2.24) is 0 Å². The topological polar surface area (TPSA) is 21.3 Å². The van der Waals surface area contributed by atoms with Crippen LogP contribution < -0.4 is 10.1 Å². The molecule has 15 heavy (non-hydrogen) atoms. The van der Waals surface area contributed by atoms with E-state index >= 15 is 0 Å². The Morgan fingerprint density at radius 2 is 2.20 bits per heavy atom. The van der Waals surface area contributed by atoms with E-state index in [0.29, 0.717) is 16.8 Å². The number of methoxy groups -OCH3 is 1. The molecule has 0 fully saturated rings. The van der Waals surface area contributed by atoms with Crippen LogP contribution in [0.4, 0.5) is 5.69 Å². The van der Waals surface area contributed by atoms with Crippen LogP contribution >= 0.6 is 11.6 Å². The van der Waals surface area contributed by atoms with Gasteiger partial charge in [0.25, 0.3) is 0 Å². The molecule has 0 bridgehead atoms. The van der Waals surface area contributed by atoms with E-state index in [-0.39, 0.29) is 0 Å². The van der Waals surface area contributed by atoms with Crippen LogP contribution in [0.3, 0.4) is 0 Å². The smallest absolute Gasteiger partial charge is 0.139 e. The van der Waals surface area contributed by atoms with Crippen LogP contribution in [0.5, 0.6) is 5.75 Å². The average molecular weight is 228 g/mol. The lowest BCUT2D eigenvalue weighted by atomic mass is 10.2. The summed E-state index contributed by atoms with van der Waals surface area (Å²) in [6.07, 6.45) is 2.34. The molecule has 0 saturated carbocycles. The van der Waals surface area contributed by atoms with E-state index in [1.165, 1.54) is 6.42 Å². The van der Waals surface area contributed by atoms with E-state index in [1.54, 1.807) is 7.11 Å². The summed E-state index contributed by atoms with van der Waals surface area (Å²) in [6.45, 7) is 4.35. The Balaban J connectivity index is 2.69. The summed E-state index contributed by atoms with van der Waals surface area (Å²) < 4.78 is 5.16. The Morgan fingerprint density at radius 3 is 2.80 bits per heavy atom. The van der Waals surface area contributed by atoms with Gasteiger partial charge < -0.3 is 10.1 Å². The Labute approximate surface area is 96.6 Å². The predicted molar refractivity (Wildman–Crippen MR) is 66.0 cm³/mol. The molecular formula is C12H18ClNO. The average Bonchev–Trinajstić information content (AvgIpc) is 2.21. The number of anilines is 1. The highest BCUT2D eigenvalue weighted by Gasteiger charge is 2.04. The zero-order chi connectivity index (χ0) is 11.3. The Hall–Kier alpha value is -0.890. The largest absolute Gasteiger partial charge is 0.495 e. The van der Waals surface area contributed by atoms with E-state index in [1.807, 2.05) is 18.2 Å². The number of ether oxygens (including phenoxy) is 1. The second-order valence-corrected chi connectivity index (χ2v) is 4.09. The summed E-state index contributed by atoms with van der Waals surface area (Å²) in [7, 11) is 1.63. The molecule has 1 rings (SSSR count). The fraction of sp³-hybridized carbons (Fsp3) is 0.500. The maximum Gasteiger partial charge on any atom is 0.139 e. The summed E-state index contributed by atoms with van der Waals surface area (Å²) in [5, 5.41) is 4.05. The van der Waals surface area contributed by atoms with Gasteiger partial charge in [-0.2, -0.15) is 0 Å². The van der Waals surface area contributed by atoms with Gasteiger partial charge in [-0.05, 0) is 25.5 Å². The van der Waals surface area contributed by atoms with Crippen molar-refractivity contribution in [3.05, 3.63) is 23.2 Å². The van der Waals surface area contributed by atoms with Gasteiger partial charge in [-0.1, -0.05) is 24.9 Å². The summed E-state index contributed by atoms with van der Waals surface area (Å²) >= 11 is 5.94. The normalized spacial score (nSPS) is 12.3. The summed E-state index contributed by atoms with van der Waals surface area (Å²) in [6, 6.07) is 6.22. The summed E-state index contributed by atoms with van der Waals surface area (Å²) in [5.74, 6) is 0.713. The van der Waals surface area contributed by atoms with E-state index in [4.69, 9.17) is 16.3 Å². The molecule has 0 saturated heterocycles.